The third-order valence-electron chi connectivity index (χ3n) is 3.52. The fourth-order valence-electron chi connectivity index (χ4n) is 2.42. The second-order valence-corrected chi connectivity index (χ2v) is 5.20. The molecule has 2 aromatic rings. The Bertz CT molecular complexity index is 682. The van der Waals surface area contributed by atoms with Crippen LogP contribution >= 0.6 is 11.6 Å². The molecular weight excluding hydrogens is 284 g/mol. The number of anilines is 1. The summed E-state index contributed by atoms with van der Waals surface area (Å²) in [5.74, 6) is -0.143. The molecule has 106 valence electrons. The molecule has 0 bridgehead atoms. The van der Waals surface area contributed by atoms with Crippen LogP contribution in [0.4, 0.5) is 11.4 Å². The number of halogens is 1. The molecule has 0 aliphatic carbocycles. The van der Waals surface area contributed by atoms with Crippen LogP contribution in [0.25, 0.3) is 0 Å². The van der Waals surface area contributed by atoms with Crippen LogP contribution in [0.5, 0.6) is 0 Å². The lowest BCUT2D eigenvalue weighted by Crippen LogP contribution is -2.31. The predicted molar refractivity (Wildman–Crippen MR) is 86.7 cm³/mol. The van der Waals surface area contributed by atoms with Crippen molar-refractivity contribution >= 4 is 35.1 Å². The number of alkyl halides is 1. The number of nitrogens with zero attached hydrogens (tertiary/aromatic N) is 2. The molecule has 1 aliphatic heterocycles. The molecule has 0 fully saturated rings. The molecule has 0 saturated carbocycles. The van der Waals surface area contributed by atoms with Crippen molar-refractivity contribution in [3.8, 4) is 0 Å². The van der Waals surface area contributed by atoms with E-state index < -0.39 is 0 Å². The van der Waals surface area contributed by atoms with Gasteiger partial charge in [-0.2, -0.15) is 0 Å². The highest BCUT2D eigenvalue weighted by Crippen LogP contribution is 2.30. The Morgan fingerprint density at radius 3 is 2.76 bits per heavy atom. The molecule has 0 radical (unpaired) electrons. The van der Waals surface area contributed by atoms with Gasteiger partial charge in [0.25, 0.3) is 0 Å². The summed E-state index contributed by atoms with van der Waals surface area (Å²) in [6.45, 7) is 0.509. The summed E-state index contributed by atoms with van der Waals surface area (Å²) in [6.07, 6.45) is 2.75. The maximum Gasteiger partial charge on any atom is 0.242 e. The van der Waals surface area contributed by atoms with Crippen LogP contribution in [0, 0.1) is 0 Å². The largest absolute Gasteiger partial charge is 0.307 e. The zero-order valence-electron chi connectivity index (χ0n) is 11.5. The fourth-order valence-corrected chi connectivity index (χ4v) is 2.56. The van der Waals surface area contributed by atoms with Crippen LogP contribution in [-0.4, -0.2) is 18.0 Å². The average molecular weight is 299 g/mol. The van der Waals surface area contributed by atoms with Crippen molar-refractivity contribution in [1.82, 2.24) is 0 Å². The van der Waals surface area contributed by atoms with Gasteiger partial charge in [0.05, 0.1) is 12.2 Å². The normalized spacial score (nSPS) is 12.2. The minimum atomic E-state index is -0.109. The molecule has 0 spiro atoms. The average Bonchev–Trinajstić information content (AvgIpc) is 3.00. The molecular formula is C17H15ClN2O. The molecule has 1 amide bonds. The Balaban J connectivity index is 1.92. The van der Waals surface area contributed by atoms with Crippen molar-refractivity contribution in [2.75, 3.05) is 10.8 Å². The highest BCUT2D eigenvalue weighted by atomic mass is 35.5. The lowest BCUT2D eigenvalue weighted by molar-refractivity contribution is -0.116. The van der Waals surface area contributed by atoms with E-state index in [2.05, 4.69) is 4.99 Å². The van der Waals surface area contributed by atoms with Gasteiger partial charge in [0.2, 0.25) is 5.91 Å². The van der Waals surface area contributed by atoms with Crippen LogP contribution in [0.15, 0.2) is 53.5 Å². The minimum Gasteiger partial charge on any atom is -0.307 e. The summed E-state index contributed by atoms with van der Waals surface area (Å²) in [5, 5.41) is 0. The first-order chi connectivity index (χ1) is 10.3. The smallest absolute Gasteiger partial charge is 0.242 e. The number of fused-ring (bicyclic) bond motifs is 1. The first-order valence-electron chi connectivity index (χ1n) is 6.83. The van der Waals surface area contributed by atoms with Crippen LogP contribution in [-0.2, 0) is 17.8 Å². The van der Waals surface area contributed by atoms with Gasteiger partial charge in [-0.15, -0.1) is 11.6 Å². The minimum absolute atomic E-state index is 0.0345. The first-order valence-corrected chi connectivity index (χ1v) is 7.37. The van der Waals surface area contributed by atoms with E-state index in [4.69, 9.17) is 11.6 Å². The molecule has 1 heterocycles. The van der Waals surface area contributed by atoms with Gasteiger partial charge in [-0.25, -0.2) is 0 Å². The summed E-state index contributed by atoms with van der Waals surface area (Å²) < 4.78 is 0. The van der Waals surface area contributed by atoms with Crippen LogP contribution in [0.1, 0.15) is 11.1 Å². The molecule has 0 unspecified atom stereocenters. The number of amides is 1. The monoisotopic (exact) mass is 298 g/mol. The van der Waals surface area contributed by atoms with E-state index in [1.807, 2.05) is 54.7 Å². The van der Waals surface area contributed by atoms with Gasteiger partial charge in [0.1, 0.15) is 5.88 Å². The van der Waals surface area contributed by atoms with Crippen molar-refractivity contribution in [3.05, 3.63) is 59.7 Å². The molecule has 0 N–H and O–H groups in total. The van der Waals surface area contributed by atoms with Gasteiger partial charge in [-0.3, -0.25) is 9.79 Å². The zero-order chi connectivity index (χ0) is 14.7. The predicted octanol–water partition coefficient (Wildman–Crippen LogP) is 3.72. The van der Waals surface area contributed by atoms with E-state index >= 15 is 0 Å². The second-order valence-electron chi connectivity index (χ2n) is 4.93. The zero-order valence-corrected chi connectivity index (χ0v) is 12.3. The molecule has 0 atom stereocenters. The van der Waals surface area contributed by atoms with Crippen LogP contribution < -0.4 is 4.90 Å². The molecule has 3 rings (SSSR count). The van der Waals surface area contributed by atoms with Crippen molar-refractivity contribution in [3.63, 3.8) is 0 Å². The summed E-state index contributed by atoms with van der Waals surface area (Å²) >= 11 is 5.76. The topological polar surface area (TPSA) is 32.7 Å². The molecule has 21 heavy (non-hydrogen) atoms. The summed E-state index contributed by atoms with van der Waals surface area (Å²) in [5.41, 5.74) is 4.03. The number of rotatable bonds is 4. The Labute approximate surface area is 128 Å². The van der Waals surface area contributed by atoms with Gasteiger partial charge < -0.3 is 4.90 Å². The first kappa shape index (κ1) is 13.8. The van der Waals surface area contributed by atoms with E-state index in [0.717, 1.165) is 23.4 Å². The number of carbonyl (C=O) groups excluding carboxylic acids is 1. The molecule has 1 aliphatic rings. The van der Waals surface area contributed by atoms with Crippen LogP contribution in [0.3, 0.4) is 0 Å². The van der Waals surface area contributed by atoms with Crippen molar-refractivity contribution in [2.45, 2.75) is 13.0 Å². The molecule has 4 heteroatoms. The van der Waals surface area contributed by atoms with E-state index in [9.17, 15) is 4.79 Å². The third kappa shape index (κ3) is 2.98. The van der Waals surface area contributed by atoms with Crippen molar-refractivity contribution < 1.29 is 4.79 Å². The summed E-state index contributed by atoms with van der Waals surface area (Å²) in [7, 11) is 0. The molecule has 0 aromatic heterocycles. The van der Waals surface area contributed by atoms with Gasteiger partial charge >= 0.3 is 0 Å². The quantitative estimate of drug-likeness (QED) is 0.792. The number of carbonyl (C=O) groups is 1. The number of hydrogen-bond acceptors (Lipinski definition) is 2. The standard InChI is InChI=1S/C17H15ClN2O/c18-11-17(21)20(12-13-4-2-1-3-5-13)15-7-6-14-8-9-19-16(14)10-15/h1-7,9-10H,8,11-12H2. The lowest BCUT2D eigenvalue weighted by Gasteiger charge is -2.22. The molecule has 2 aromatic carbocycles. The highest BCUT2D eigenvalue weighted by molar-refractivity contribution is 6.29. The Hall–Kier alpha value is -2.13. The SMILES string of the molecule is O=C(CCl)N(Cc1ccccc1)c1ccc2c(c1)N=CC2. The number of hydrogen-bond donors (Lipinski definition) is 0. The number of aliphatic imine (C=N–C) groups is 1. The fraction of sp³-hybridized carbons (Fsp3) is 0.176. The third-order valence-corrected chi connectivity index (χ3v) is 3.75. The van der Waals surface area contributed by atoms with Crippen molar-refractivity contribution in [2.24, 2.45) is 4.99 Å². The van der Waals surface area contributed by atoms with E-state index in [1.165, 1.54) is 5.56 Å². The lowest BCUT2D eigenvalue weighted by atomic mass is 10.1. The maximum atomic E-state index is 12.2. The van der Waals surface area contributed by atoms with Crippen molar-refractivity contribution in [1.29, 1.82) is 0 Å². The second kappa shape index (κ2) is 6.10. The molecule has 3 nitrogen and oxygen atoms in total. The maximum absolute atomic E-state index is 12.2. The van der Waals surface area contributed by atoms with E-state index in [-0.39, 0.29) is 11.8 Å². The molecule has 0 saturated heterocycles. The van der Waals surface area contributed by atoms with Gasteiger partial charge in [-0.05, 0) is 23.3 Å². The highest BCUT2D eigenvalue weighted by Gasteiger charge is 2.17. The van der Waals surface area contributed by atoms with E-state index in [0.29, 0.717) is 6.54 Å². The number of benzene rings is 2. The van der Waals surface area contributed by atoms with Gasteiger partial charge in [0, 0.05) is 18.3 Å². The Kier molecular flexibility index (Phi) is 4.02. The Morgan fingerprint density at radius 1 is 1.19 bits per heavy atom. The Morgan fingerprint density at radius 2 is 2.00 bits per heavy atom. The van der Waals surface area contributed by atoms with E-state index in [1.54, 1.807) is 4.90 Å². The summed E-state index contributed by atoms with van der Waals surface area (Å²) in [6, 6.07) is 15.8. The van der Waals surface area contributed by atoms with Gasteiger partial charge in [-0.1, -0.05) is 36.4 Å². The van der Waals surface area contributed by atoms with Gasteiger partial charge in [0.15, 0.2) is 0 Å². The summed E-state index contributed by atoms with van der Waals surface area (Å²) in [4.78, 5) is 18.2. The van der Waals surface area contributed by atoms with Crippen LogP contribution in [0.2, 0.25) is 0 Å².